The molecule has 0 bridgehead atoms. The van der Waals surface area contributed by atoms with E-state index in [9.17, 15) is 32.7 Å². The van der Waals surface area contributed by atoms with Gasteiger partial charge in [0.25, 0.3) is 5.91 Å². The van der Waals surface area contributed by atoms with E-state index in [0.29, 0.717) is 35.6 Å². The van der Waals surface area contributed by atoms with Crippen LogP contribution >= 0.6 is 23.4 Å². The zero-order valence-corrected chi connectivity index (χ0v) is 18.5. The summed E-state index contributed by atoms with van der Waals surface area (Å²) in [6, 6.07) is 2.71. The summed E-state index contributed by atoms with van der Waals surface area (Å²) in [7, 11) is 0. The minimum atomic E-state index is -5.08. The first-order chi connectivity index (χ1) is 15.8. The molecule has 0 saturated carbocycles. The molecule has 0 aromatic carbocycles. The summed E-state index contributed by atoms with van der Waals surface area (Å²) >= 11 is 7.47. The highest BCUT2D eigenvalue weighted by atomic mass is 35.5. The number of hydrogen-bond acceptors (Lipinski definition) is 7. The van der Waals surface area contributed by atoms with Crippen LogP contribution in [-0.2, 0) is 19.2 Å². The van der Waals surface area contributed by atoms with E-state index >= 15 is 0 Å². The fraction of sp³-hybridized carbons (Fsp3) is 0.316. The highest BCUT2D eigenvalue weighted by Crippen LogP contribution is 2.40. The number of halogens is 4. The third-order valence-electron chi connectivity index (χ3n) is 4.99. The Bertz CT molecular complexity index is 1130. The zero-order chi connectivity index (χ0) is 25.4. The highest BCUT2D eigenvalue weighted by Gasteiger charge is 2.51. The molecular formula is C19H16ClF3N4O6S. The molecule has 1 aromatic heterocycles. The fourth-order valence-electron chi connectivity index (χ4n) is 3.42. The Morgan fingerprint density at radius 3 is 2.50 bits per heavy atom. The maximum atomic E-state index is 12.8. The van der Waals surface area contributed by atoms with Crippen LogP contribution in [0.2, 0.25) is 5.15 Å². The van der Waals surface area contributed by atoms with Crippen LogP contribution in [0.5, 0.6) is 0 Å². The molecule has 34 heavy (non-hydrogen) atoms. The van der Waals surface area contributed by atoms with Crippen LogP contribution in [0.1, 0.15) is 6.42 Å². The summed E-state index contributed by atoms with van der Waals surface area (Å²) in [5.74, 6) is -4.26. The first kappa shape index (κ1) is 25.5. The summed E-state index contributed by atoms with van der Waals surface area (Å²) in [4.78, 5) is 52.1. The number of alkyl halides is 3. The number of nitrogens with zero attached hydrogens (tertiary/aromatic N) is 3. The number of pyridine rings is 1. The van der Waals surface area contributed by atoms with E-state index in [2.05, 4.69) is 4.98 Å². The van der Waals surface area contributed by atoms with Crippen molar-refractivity contribution in [1.82, 2.24) is 9.88 Å². The van der Waals surface area contributed by atoms with Crippen LogP contribution in [0, 0.1) is 0 Å². The SMILES string of the molecule is N[C@@H]1C(=O)N2C(C(=O)O)=C(/C=C3\CCN(c4cccnc4Cl)C3=O)CS[C@H]12.O=C(O)C(F)(F)F. The number of rotatable bonds is 3. The molecule has 15 heteroatoms. The number of carboxylic acids is 2. The second kappa shape index (κ2) is 9.64. The lowest BCUT2D eigenvalue weighted by atomic mass is 10.0. The van der Waals surface area contributed by atoms with Gasteiger partial charge in [0.05, 0.1) is 5.69 Å². The molecule has 0 unspecified atom stereocenters. The van der Waals surface area contributed by atoms with Gasteiger partial charge in [-0.05, 0) is 30.2 Å². The van der Waals surface area contributed by atoms with E-state index in [-0.39, 0.29) is 22.1 Å². The van der Waals surface area contributed by atoms with Crippen molar-refractivity contribution >= 4 is 52.8 Å². The number of aliphatic carboxylic acids is 2. The van der Waals surface area contributed by atoms with Crippen molar-refractivity contribution in [2.75, 3.05) is 17.2 Å². The van der Waals surface area contributed by atoms with Gasteiger partial charge in [0.2, 0.25) is 5.91 Å². The van der Waals surface area contributed by atoms with E-state index in [1.54, 1.807) is 18.2 Å². The normalized spacial score (nSPS) is 23.4. The summed E-state index contributed by atoms with van der Waals surface area (Å²) < 4.78 is 31.7. The molecule has 4 heterocycles. The highest BCUT2D eigenvalue weighted by molar-refractivity contribution is 8.00. The molecule has 1 aromatic rings. The monoisotopic (exact) mass is 520 g/mol. The van der Waals surface area contributed by atoms with Crippen molar-refractivity contribution in [3.63, 3.8) is 0 Å². The summed E-state index contributed by atoms with van der Waals surface area (Å²) in [5, 5.41) is 16.6. The molecule has 4 N–H and O–H groups in total. The van der Waals surface area contributed by atoms with Gasteiger partial charge in [0.1, 0.15) is 17.1 Å². The van der Waals surface area contributed by atoms with Gasteiger partial charge < -0.3 is 20.8 Å². The lowest BCUT2D eigenvalue weighted by Crippen LogP contribution is -2.68. The molecule has 0 radical (unpaired) electrons. The quantitative estimate of drug-likeness (QED) is 0.306. The second-order valence-corrected chi connectivity index (χ2v) is 8.57. The Kier molecular flexibility index (Phi) is 7.24. The maximum Gasteiger partial charge on any atom is 0.490 e. The summed E-state index contributed by atoms with van der Waals surface area (Å²) in [6.45, 7) is 0.426. The van der Waals surface area contributed by atoms with Gasteiger partial charge in [0.15, 0.2) is 5.15 Å². The second-order valence-electron chi connectivity index (χ2n) is 7.11. The van der Waals surface area contributed by atoms with Crippen LogP contribution in [0.25, 0.3) is 0 Å². The first-order valence-corrected chi connectivity index (χ1v) is 10.9. The Hall–Kier alpha value is -3.10. The average Bonchev–Trinajstić information content (AvgIpc) is 3.12. The molecule has 0 spiro atoms. The molecule has 2 fully saturated rings. The lowest BCUT2D eigenvalue weighted by molar-refractivity contribution is -0.192. The number of allylic oxidation sites excluding steroid dienone is 1. The van der Waals surface area contributed by atoms with E-state index in [1.807, 2.05) is 0 Å². The Morgan fingerprint density at radius 1 is 1.29 bits per heavy atom. The van der Waals surface area contributed by atoms with Gasteiger partial charge >= 0.3 is 18.1 Å². The van der Waals surface area contributed by atoms with Gasteiger partial charge in [-0.2, -0.15) is 13.2 Å². The third kappa shape index (κ3) is 4.88. The van der Waals surface area contributed by atoms with Crippen LogP contribution in [0.4, 0.5) is 18.9 Å². The number of carboxylic acid groups (broad SMARTS) is 2. The predicted molar refractivity (Wildman–Crippen MR) is 114 cm³/mol. The van der Waals surface area contributed by atoms with Crippen molar-refractivity contribution in [1.29, 1.82) is 0 Å². The van der Waals surface area contributed by atoms with Crippen LogP contribution in [0.3, 0.4) is 0 Å². The van der Waals surface area contributed by atoms with Crippen molar-refractivity contribution < 1.29 is 42.6 Å². The number of anilines is 1. The van der Waals surface area contributed by atoms with Crippen molar-refractivity contribution in [3.05, 3.63) is 46.4 Å². The molecule has 2 atom stereocenters. The van der Waals surface area contributed by atoms with Gasteiger partial charge in [0, 0.05) is 24.1 Å². The molecule has 10 nitrogen and oxygen atoms in total. The van der Waals surface area contributed by atoms with Crippen LogP contribution in [-0.4, -0.2) is 73.7 Å². The summed E-state index contributed by atoms with van der Waals surface area (Å²) in [5.41, 5.74) is 7.08. The Morgan fingerprint density at radius 2 is 1.94 bits per heavy atom. The Labute approximate surface area is 198 Å². The third-order valence-corrected chi connectivity index (χ3v) is 6.60. The number of nitrogens with two attached hydrogens (primary N) is 1. The number of amides is 2. The van der Waals surface area contributed by atoms with Gasteiger partial charge in [-0.3, -0.25) is 14.5 Å². The van der Waals surface area contributed by atoms with Crippen LogP contribution in [0.15, 0.2) is 41.2 Å². The zero-order valence-electron chi connectivity index (χ0n) is 17.0. The smallest absolute Gasteiger partial charge is 0.477 e. The van der Waals surface area contributed by atoms with Gasteiger partial charge in [-0.15, -0.1) is 11.8 Å². The number of β-lactam (4-membered cyclic amide) rings is 1. The average molecular weight is 521 g/mol. The number of carbonyl (C=O) groups is 4. The molecule has 182 valence electrons. The van der Waals surface area contributed by atoms with E-state index in [4.69, 9.17) is 27.2 Å². The first-order valence-electron chi connectivity index (χ1n) is 9.44. The molecule has 3 aliphatic heterocycles. The number of hydrogen-bond donors (Lipinski definition) is 3. The van der Waals surface area contributed by atoms with Gasteiger partial charge in [-0.1, -0.05) is 11.6 Å². The largest absolute Gasteiger partial charge is 0.490 e. The van der Waals surface area contributed by atoms with Gasteiger partial charge in [-0.25, -0.2) is 14.6 Å². The minimum absolute atomic E-state index is 0.0939. The maximum absolute atomic E-state index is 12.8. The standard InChI is InChI=1S/C17H15ClN4O4S.C2HF3O2/c18-13-10(2-1-4-20-13)21-5-3-8(14(21)23)6-9-7-27-16-11(19)15(24)22(16)12(9)17(25)26;3-2(4,5)1(6)7/h1-2,4,6,11,16H,3,5,7,19H2,(H,25,26);(H,6,7)/b8-6+;/t11-,16-;/m1./s1. The number of thioether (sulfide) groups is 1. The molecule has 3 aliphatic rings. The van der Waals surface area contributed by atoms with Crippen LogP contribution < -0.4 is 10.6 Å². The molecular weight excluding hydrogens is 505 g/mol. The fourth-order valence-corrected chi connectivity index (χ4v) is 4.89. The molecule has 2 saturated heterocycles. The molecule has 0 aliphatic carbocycles. The van der Waals surface area contributed by atoms with E-state index in [1.165, 1.54) is 27.8 Å². The minimum Gasteiger partial charge on any atom is -0.477 e. The lowest BCUT2D eigenvalue weighted by Gasteiger charge is -2.47. The molecule has 4 rings (SSSR count). The van der Waals surface area contributed by atoms with E-state index in [0.717, 1.165) is 0 Å². The number of carbonyl (C=O) groups excluding carboxylic acids is 2. The topological polar surface area (TPSA) is 154 Å². The van der Waals surface area contributed by atoms with Crippen molar-refractivity contribution in [2.45, 2.75) is 24.0 Å². The molecule has 2 amide bonds. The van der Waals surface area contributed by atoms with Crippen molar-refractivity contribution in [3.8, 4) is 0 Å². The Balaban J connectivity index is 0.000000406. The van der Waals surface area contributed by atoms with E-state index < -0.39 is 30.1 Å². The predicted octanol–water partition coefficient (Wildman–Crippen LogP) is 1.61. The summed E-state index contributed by atoms with van der Waals surface area (Å²) in [6.07, 6.45) is -1.52. The number of aromatic nitrogens is 1. The van der Waals surface area contributed by atoms with Crippen molar-refractivity contribution in [2.24, 2.45) is 5.73 Å². The number of fused-ring (bicyclic) bond motifs is 1.